The number of benzene rings is 1. The van der Waals surface area contributed by atoms with Crippen molar-refractivity contribution in [2.24, 2.45) is 5.92 Å². The van der Waals surface area contributed by atoms with Crippen molar-refractivity contribution in [3.05, 3.63) is 63.9 Å². The third-order valence-corrected chi connectivity index (χ3v) is 4.76. The zero-order valence-electron chi connectivity index (χ0n) is 13.6. The minimum absolute atomic E-state index is 0.0827. The fourth-order valence-electron chi connectivity index (χ4n) is 2.67. The van der Waals surface area contributed by atoms with Crippen molar-refractivity contribution in [1.29, 1.82) is 0 Å². The Kier molecular flexibility index (Phi) is 4.76. The predicted molar refractivity (Wildman–Crippen MR) is 96.0 cm³/mol. The number of rotatable bonds is 5. The maximum absolute atomic E-state index is 12.4. The van der Waals surface area contributed by atoms with Gasteiger partial charge in [-0.1, -0.05) is 44.2 Å². The number of nitrogens with zero attached hydrogens (tertiary/aromatic N) is 2. The molecule has 1 aromatic carbocycles. The predicted octanol–water partition coefficient (Wildman–Crippen LogP) is 2.97. The molecule has 0 bridgehead atoms. The Morgan fingerprint density at radius 2 is 2.00 bits per heavy atom. The topological polar surface area (TPSA) is 64.0 Å². The van der Waals surface area contributed by atoms with Crippen LogP contribution >= 0.6 is 11.3 Å². The quantitative estimate of drug-likeness (QED) is 0.776. The molecule has 3 rings (SSSR count). The zero-order chi connectivity index (χ0) is 17.1. The van der Waals surface area contributed by atoms with Crippen molar-refractivity contribution in [2.75, 3.05) is 0 Å². The van der Waals surface area contributed by atoms with Crippen LogP contribution in [-0.2, 0) is 11.3 Å². The van der Waals surface area contributed by atoms with Crippen molar-refractivity contribution < 1.29 is 4.79 Å². The smallest absolute Gasteiger partial charge is 0.275 e. The van der Waals surface area contributed by atoms with Crippen LogP contribution in [0, 0.1) is 5.92 Å². The van der Waals surface area contributed by atoms with Gasteiger partial charge in [-0.3, -0.25) is 9.59 Å². The number of thiophene rings is 1. The Morgan fingerprint density at radius 3 is 2.71 bits per heavy atom. The maximum atomic E-state index is 12.4. The third kappa shape index (κ3) is 3.38. The van der Waals surface area contributed by atoms with E-state index < -0.39 is 0 Å². The number of hydrogen-bond donors (Lipinski definition) is 1. The van der Waals surface area contributed by atoms with Crippen LogP contribution in [0.2, 0.25) is 0 Å². The highest BCUT2D eigenvalue weighted by molar-refractivity contribution is 7.17. The number of carbonyl (C=O) groups is 1. The Balaban J connectivity index is 1.78. The number of aromatic nitrogens is 2. The Labute approximate surface area is 143 Å². The van der Waals surface area contributed by atoms with Crippen molar-refractivity contribution >= 4 is 27.3 Å². The summed E-state index contributed by atoms with van der Waals surface area (Å²) in [4.78, 5) is 24.8. The van der Waals surface area contributed by atoms with Gasteiger partial charge in [0.2, 0.25) is 5.91 Å². The lowest BCUT2D eigenvalue weighted by atomic mass is 9.96. The van der Waals surface area contributed by atoms with Gasteiger partial charge in [0.15, 0.2) is 0 Å². The van der Waals surface area contributed by atoms with Crippen LogP contribution in [0.5, 0.6) is 0 Å². The fraction of sp³-hybridized carbons (Fsp3) is 0.278. The second-order valence-electron chi connectivity index (χ2n) is 6.01. The monoisotopic (exact) mass is 341 g/mol. The summed E-state index contributed by atoms with van der Waals surface area (Å²) >= 11 is 1.46. The normalized spacial score (nSPS) is 12.5. The summed E-state index contributed by atoms with van der Waals surface area (Å²) in [6.07, 6.45) is 1.63. The van der Waals surface area contributed by atoms with E-state index in [0.717, 1.165) is 10.3 Å². The summed E-state index contributed by atoms with van der Waals surface area (Å²) < 4.78 is 2.05. The van der Waals surface area contributed by atoms with E-state index in [0.29, 0.717) is 5.39 Å². The van der Waals surface area contributed by atoms with E-state index in [1.807, 2.05) is 35.7 Å². The van der Waals surface area contributed by atoms with E-state index in [1.54, 1.807) is 12.3 Å². The molecule has 24 heavy (non-hydrogen) atoms. The molecule has 1 amide bonds. The lowest BCUT2D eigenvalue weighted by molar-refractivity contribution is -0.123. The van der Waals surface area contributed by atoms with Crippen LogP contribution in [0.4, 0.5) is 0 Å². The van der Waals surface area contributed by atoms with E-state index in [2.05, 4.69) is 24.3 Å². The van der Waals surface area contributed by atoms with Crippen molar-refractivity contribution in [2.45, 2.75) is 26.4 Å². The largest absolute Gasteiger partial charge is 0.347 e. The number of nitrogens with one attached hydrogen (secondary N) is 1. The molecule has 0 radical (unpaired) electrons. The molecule has 0 aliphatic carbocycles. The summed E-state index contributed by atoms with van der Waals surface area (Å²) in [5, 5.41) is 9.56. The third-order valence-electron chi connectivity index (χ3n) is 3.91. The number of amides is 1. The van der Waals surface area contributed by atoms with Gasteiger partial charge in [-0.25, -0.2) is 4.68 Å². The van der Waals surface area contributed by atoms with E-state index in [4.69, 9.17) is 0 Å². The molecule has 0 saturated heterocycles. The minimum Gasteiger partial charge on any atom is -0.347 e. The lowest BCUT2D eigenvalue weighted by Gasteiger charge is -2.23. The Hall–Kier alpha value is -2.47. The van der Waals surface area contributed by atoms with E-state index in [9.17, 15) is 9.59 Å². The zero-order valence-corrected chi connectivity index (χ0v) is 14.4. The standard InChI is InChI=1S/C18H19N3O2S/c1-12(2)17(13-6-4-3-5-7-13)20-16(22)11-21-18(23)14-8-9-24-15(14)10-19-21/h3-10,12,17H,11H2,1-2H3,(H,20,22)/t17-/m0/s1. The van der Waals surface area contributed by atoms with Crippen molar-refractivity contribution in [3.8, 4) is 0 Å². The molecule has 5 nitrogen and oxygen atoms in total. The fourth-order valence-corrected chi connectivity index (χ4v) is 3.42. The first-order chi connectivity index (χ1) is 11.6. The number of carbonyl (C=O) groups excluding carboxylic acids is 1. The molecule has 0 fully saturated rings. The molecular weight excluding hydrogens is 322 g/mol. The molecule has 2 aromatic heterocycles. The summed E-state index contributed by atoms with van der Waals surface area (Å²) in [5.41, 5.74) is 0.819. The molecule has 0 spiro atoms. The first-order valence-corrected chi connectivity index (χ1v) is 8.72. The highest BCUT2D eigenvalue weighted by atomic mass is 32.1. The van der Waals surface area contributed by atoms with E-state index in [1.165, 1.54) is 16.0 Å². The summed E-state index contributed by atoms with van der Waals surface area (Å²) in [6.45, 7) is 4.03. The molecule has 0 aliphatic rings. The average Bonchev–Trinajstić information content (AvgIpc) is 3.05. The number of fused-ring (bicyclic) bond motifs is 1. The van der Waals surface area contributed by atoms with Gasteiger partial charge in [-0.05, 0) is 22.9 Å². The lowest BCUT2D eigenvalue weighted by Crippen LogP contribution is -2.37. The van der Waals surface area contributed by atoms with Crippen molar-refractivity contribution in [1.82, 2.24) is 15.1 Å². The molecule has 3 aromatic rings. The molecule has 6 heteroatoms. The minimum atomic E-state index is -0.232. The SMILES string of the molecule is CC(C)[C@H](NC(=O)Cn1ncc2sccc2c1=O)c1ccccc1. The van der Waals surface area contributed by atoms with Gasteiger partial charge >= 0.3 is 0 Å². The number of hydrogen-bond acceptors (Lipinski definition) is 4. The first-order valence-electron chi connectivity index (χ1n) is 7.84. The first kappa shape index (κ1) is 16.4. The highest BCUT2D eigenvalue weighted by Gasteiger charge is 2.19. The van der Waals surface area contributed by atoms with Gasteiger partial charge < -0.3 is 5.32 Å². The molecular formula is C18H19N3O2S. The van der Waals surface area contributed by atoms with Gasteiger partial charge in [0.05, 0.1) is 22.3 Å². The maximum Gasteiger partial charge on any atom is 0.275 e. The second-order valence-corrected chi connectivity index (χ2v) is 6.95. The molecule has 0 aliphatic heterocycles. The summed E-state index contributed by atoms with van der Waals surface area (Å²) in [5.74, 6) is 0.0158. The van der Waals surface area contributed by atoms with Gasteiger partial charge in [0, 0.05) is 0 Å². The van der Waals surface area contributed by atoms with Crippen LogP contribution < -0.4 is 10.9 Å². The van der Waals surface area contributed by atoms with Crippen LogP contribution in [0.25, 0.3) is 10.1 Å². The molecule has 124 valence electrons. The average molecular weight is 341 g/mol. The molecule has 0 saturated carbocycles. The van der Waals surface area contributed by atoms with Gasteiger partial charge in [-0.15, -0.1) is 11.3 Å². The van der Waals surface area contributed by atoms with Crippen LogP contribution in [0.15, 0.2) is 52.8 Å². The van der Waals surface area contributed by atoms with Gasteiger partial charge in [0.25, 0.3) is 5.56 Å². The highest BCUT2D eigenvalue weighted by Crippen LogP contribution is 2.21. The molecule has 1 N–H and O–H groups in total. The molecule has 0 unspecified atom stereocenters. The summed E-state index contributed by atoms with van der Waals surface area (Å²) in [7, 11) is 0. The molecule has 1 atom stereocenters. The van der Waals surface area contributed by atoms with Crippen LogP contribution in [-0.4, -0.2) is 15.7 Å². The van der Waals surface area contributed by atoms with E-state index in [-0.39, 0.29) is 30.0 Å². The second kappa shape index (κ2) is 6.97. The van der Waals surface area contributed by atoms with Crippen LogP contribution in [0.3, 0.4) is 0 Å². The van der Waals surface area contributed by atoms with Crippen molar-refractivity contribution in [3.63, 3.8) is 0 Å². The molecule has 2 heterocycles. The van der Waals surface area contributed by atoms with E-state index >= 15 is 0 Å². The van der Waals surface area contributed by atoms with Crippen LogP contribution in [0.1, 0.15) is 25.5 Å². The Bertz CT molecular complexity index is 899. The van der Waals surface area contributed by atoms with Gasteiger partial charge in [-0.2, -0.15) is 5.10 Å². The summed E-state index contributed by atoms with van der Waals surface area (Å²) in [6, 6.07) is 11.5. The Morgan fingerprint density at radius 1 is 1.25 bits per heavy atom. The van der Waals surface area contributed by atoms with Gasteiger partial charge in [0.1, 0.15) is 6.54 Å².